The number of rotatable bonds is 5. The molecule has 21 heavy (non-hydrogen) atoms. The molecule has 2 heterocycles. The van der Waals surface area contributed by atoms with Crippen molar-refractivity contribution in [1.29, 1.82) is 0 Å². The quantitative estimate of drug-likeness (QED) is 0.768. The lowest BCUT2D eigenvalue weighted by Gasteiger charge is -2.30. The molecule has 0 radical (unpaired) electrons. The number of nitrogens with one attached hydrogen (secondary N) is 1. The monoisotopic (exact) mass is 294 g/mol. The van der Waals surface area contributed by atoms with Gasteiger partial charge in [0.1, 0.15) is 5.82 Å². The summed E-state index contributed by atoms with van der Waals surface area (Å²) in [5.41, 5.74) is 6.62. The SMILES string of the molecule is CCOC(=O)c1ccnc(NCC2CN(C)CCO2)c1N. The highest BCUT2D eigenvalue weighted by atomic mass is 16.5. The van der Waals surface area contributed by atoms with Crippen molar-refractivity contribution < 1.29 is 14.3 Å². The van der Waals surface area contributed by atoms with Crippen molar-refractivity contribution in [3.05, 3.63) is 17.8 Å². The van der Waals surface area contributed by atoms with Crippen molar-refractivity contribution in [2.75, 3.05) is 50.9 Å². The number of nitrogens with zero attached hydrogens (tertiary/aromatic N) is 2. The van der Waals surface area contributed by atoms with Crippen LogP contribution in [-0.2, 0) is 9.47 Å². The molecule has 7 heteroatoms. The average Bonchev–Trinajstić information content (AvgIpc) is 2.46. The molecule has 0 aliphatic carbocycles. The molecule has 2 rings (SSSR count). The zero-order valence-corrected chi connectivity index (χ0v) is 12.5. The van der Waals surface area contributed by atoms with Gasteiger partial charge in [0.2, 0.25) is 0 Å². The summed E-state index contributed by atoms with van der Waals surface area (Å²) in [6.45, 7) is 5.17. The third-order valence-corrected chi connectivity index (χ3v) is 3.32. The molecule has 0 spiro atoms. The fourth-order valence-electron chi connectivity index (χ4n) is 2.20. The van der Waals surface area contributed by atoms with Gasteiger partial charge in [0, 0.05) is 25.8 Å². The first-order valence-electron chi connectivity index (χ1n) is 7.07. The van der Waals surface area contributed by atoms with Crippen LogP contribution in [0.5, 0.6) is 0 Å². The largest absolute Gasteiger partial charge is 0.462 e. The number of nitrogen functional groups attached to an aromatic ring is 1. The molecule has 1 unspecified atom stereocenters. The van der Waals surface area contributed by atoms with Gasteiger partial charge in [-0.1, -0.05) is 0 Å². The van der Waals surface area contributed by atoms with Gasteiger partial charge in [-0.3, -0.25) is 0 Å². The lowest BCUT2D eigenvalue weighted by Crippen LogP contribution is -2.43. The zero-order valence-electron chi connectivity index (χ0n) is 12.5. The van der Waals surface area contributed by atoms with E-state index in [1.165, 1.54) is 0 Å². The molecular weight excluding hydrogens is 272 g/mol. The minimum atomic E-state index is -0.436. The van der Waals surface area contributed by atoms with Crippen LogP contribution >= 0.6 is 0 Å². The summed E-state index contributed by atoms with van der Waals surface area (Å²) >= 11 is 0. The number of carbonyl (C=O) groups excluding carboxylic acids is 1. The van der Waals surface area contributed by atoms with Crippen LogP contribution in [0.2, 0.25) is 0 Å². The van der Waals surface area contributed by atoms with Crippen molar-refractivity contribution in [2.45, 2.75) is 13.0 Å². The topological polar surface area (TPSA) is 89.7 Å². The molecular formula is C14H22N4O3. The first-order valence-corrected chi connectivity index (χ1v) is 7.07. The zero-order chi connectivity index (χ0) is 15.2. The highest BCUT2D eigenvalue weighted by Gasteiger charge is 2.19. The second-order valence-electron chi connectivity index (χ2n) is 4.98. The maximum atomic E-state index is 11.8. The Morgan fingerprint density at radius 3 is 3.19 bits per heavy atom. The van der Waals surface area contributed by atoms with Gasteiger partial charge in [0.05, 0.1) is 30.6 Å². The van der Waals surface area contributed by atoms with E-state index in [4.69, 9.17) is 15.2 Å². The fraction of sp³-hybridized carbons (Fsp3) is 0.571. The number of carbonyl (C=O) groups is 1. The number of aromatic nitrogens is 1. The molecule has 7 nitrogen and oxygen atoms in total. The molecule has 1 atom stereocenters. The highest BCUT2D eigenvalue weighted by molar-refractivity contribution is 5.97. The van der Waals surface area contributed by atoms with E-state index in [1.807, 2.05) is 0 Å². The molecule has 1 saturated heterocycles. The third kappa shape index (κ3) is 4.05. The van der Waals surface area contributed by atoms with Crippen LogP contribution in [0.3, 0.4) is 0 Å². The Morgan fingerprint density at radius 2 is 2.48 bits per heavy atom. The van der Waals surface area contributed by atoms with Crippen LogP contribution in [0.4, 0.5) is 11.5 Å². The smallest absolute Gasteiger partial charge is 0.340 e. The number of pyridine rings is 1. The van der Waals surface area contributed by atoms with Gasteiger partial charge in [0.25, 0.3) is 0 Å². The Bertz CT molecular complexity index is 495. The fourth-order valence-corrected chi connectivity index (χ4v) is 2.20. The molecule has 0 saturated carbocycles. The molecule has 1 aliphatic rings. The summed E-state index contributed by atoms with van der Waals surface area (Å²) in [6, 6.07) is 1.56. The van der Waals surface area contributed by atoms with E-state index in [-0.39, 0.29) is 6.10 Å². The second kappa shape index (κ2) is 7.24. The normalized spacial score (nSPS) is 19.2. The predicted octanol–water partition coefficient (Wildman–Crippen LogP) is 0.583. The minimum Gasteiger partial charge on any atom is -0.462 e. The number of morpholine rings is 1. The summed E-state index contributed by atoms with van der Waals surface area (Å²) in [5, 5.41) is 3.15. The maximum absolute atomic E-state index is 11.8. The van der Waals surface area contributed by atoms with Crippen LogP contribution in [-0.4, -0.2) is 61.9 Å². The molecule has 1 aliphatic heterocycles. The van der Waals surface area contributed by atoms with E-state index in [9.17, 15) is 4.79 Å². The minimum absolute atomic E-state index is 0.0798. The number of esters is 1. The Hall–Kier alpha value is -1.86. The molecule has 1 fully saturated rings. The van der Waals surface area contributed by atoms with Crippen LogP contribution < -0.4 is 11.1 Å². The van der Waals surface area contributed by atoms with Crippen molar-refractivity contribution in [3.63, 3.8) is 0 Å². The Kier molecular flexibility index (Phi) is 5.35. The third-order valence-electron chi connectivity index (χ3n) is 3.32. The van der Waals surface area contributed by atoms with Crippen LogP contribution in [0.25, 0.3) is 0 Å². The second-order valence-corrected chi connectivity index (χ2v) is 4.98. The number of ether oxygens (including phenoxy) is 2. The first kappa shape index (κ1) is 15.5. The molecule has 116 valence electrons. The number of anilines is 2. The van der Waals surface area contributed by atoms with Gasteiger partial charge in [-0.05, 0) is 20.0 Å². The van der Waals surface area contributed by atoms with Gasteiger partial charge in [-0.25, -0.2) is 9.78 Å². The van der Waals surface area contributed by atoms with Gasteiger partial charge in [-0.2, -0.15) is 0 Å². The standard InChI is InChI=1S/C14H22N4O3/c1-3-20-14(19)11-4-5-16-13(12(11)15)17-8-10-9-18(2)6-7-21-10/h4-5,10H,3,6-9,15H2,1-2H3,(H,16,17). The average molecular weight is 294 g/mol. The molecule has 0 amide bonds. The molecule has 0 bridgehead atoms. The Labute approximate surface area is 124 Å². The maximum Gasteiger partial charge on any atom is 0.340 e. The van der Waals surface area contributed by atoms with Gasteiger partial charge in [0.15, 0.2) is 0 Å². The summed E-state index contributed by atoms with van der Waals surface area (Å²) in [4.78, 5) is 18.2. The number of nitrogens with two attached hydrogens (primary N) is 1. The summed E-state index contributed by atoms with van der Waals surface area (Å²) in [7, 11) is 2.06. The van der Waals surface area contributed by atoms with E-state index in [0.717, 1.165) is 13.1 Å². The summed E-state index contributed by atoms with van der Waals surface area (Å²) in [5.74, 6) is 0.0477. The van der Waals surface area contributed by atoms with Crippen LogP contribution in [0.15, 0.2) is 12.3 Å². The van der Waals surface area contributed by atoms with Crippen molar-refractivity contribution in [1.82, 2.24) is 9.88 Å². The van der Waals surface area contributed by atoms with E-state index in [1.54, 1.807) is 19.2 Å². The molecule has 3 N–H and O–H groups in total. The lowest BCUT2D eigenvalue weighted by molar-refractivity contribution is -0.0117. The van der Waals surface area contributed by atoms with Crippen molar-refractivity contribution >= 4 is 17.5 Å². The van der Waals surface area contributed by atoms with Crippen molar-refractivity contribution in [3.8, 4) is 0 Å². The Balaban J connectivity index is 2.00. The summed E-state index contributed by atoms with van der Waals surface area (Å²) in [6.07, 6.45) is 1.62. The van der Waals surface area contributed by atoms with Gasteiger partial charge in [-0.15, -0.1) is 0 Å². The van der Waals surface area contributed by atoms with Gasteiger partial charge < -0.3 is 25.4 Å². The van der Waals surface area contributed by atoms with E-state index in [2.05, 4.69) is 22.2 Å². The molecule has 1 aromatic rings. The van der Waals surface area contributed by atoms with Gasteiger partial charge >= 0.3 is 5.97 Å². The number of likely N-dealkylation sites (N-methyl/N-ethyl adjacent to an activating group) is 1. The van der Waals surface area contributed by atoms with E-state index in [0.29, 0.717) is 36.8 Å². The number of hydrogen-bond donors (Lipinski definition) is 2. The highest BCUT2D eigenvalue weighted by Crippen LogP contribution is 2.21. The van der Waals surface area contributed by atoms with E-state index < -0.39 is 5.97 Å². The Morgan fingerprint density at radius 1 is 1.67 bits per heavy atom. The number of hydrogen-bond acceptors (Lipinski definition) is 7. The van der Waals surface area contributed by atoms with Crippen molar-refractivity contribution in [2.24, 2.45) is 0 Å². The van der Waals surface area contributed by atoms with Crippen LogP contribution in [0, 0.1) is 0 Å². The molecule has 1 aromatic heterocycles. The lowest BCUT2D eigenvalue weighted by atomic mass is 10.2. The molecule has 0 aromatic carbocycles. The first-order chi connectivity index (χ1) is 10.1. The van der Waals surface area contributed by atoms with Crippen LogP contribution in [0.1, 0.15) is 17.3 Å². The van der Waals surface area contributed by atoms with E-state index >= 15 is 0 Å². The predicted molar refractivity (Wildman–Crippen MR) is 80.3 cm³/mol. The summed E-state index contributed by atoms with van der Waals surface area (Å²) < 4.78 is 10.6.